The highest BCUT2D eigenvalue weighted by atomic mass is 32.2. The lowest BCUT2D eigenvalue weighted by Gasteiger charge is -2.37. The smallest absolute Gasteiger partial charge is 0.211 e. The normalized spacial score (nSPS) is 17.0. The first kappa shape index (κ1) is 21.8. The Morgan fingerprint density at radius 3 is 2.69 bits per heavy atom. The Labute approximate surface area is 170 Å². The maximum atomic E-state index is 14.9. The van der Waals surface area contributed by atoms with Crippen molar-refractivity contribution in [2.24, 2.45) is 0 Å². The van der Waals surface area contributed by atoms with Crippen LogP contribution in [0.4, 0.5) is 4.39 Å². The first-order valence-electron chi connectivity index (χ1n) is 9.64. The van der Waals surface area contributed by atoms with E-state index in [-0.39, 0.29) is 13.2 Å². The summed E-state index contributed by atoms with van der Waals surface area (Å²) in [4.78, 5) is 4.07. The lowest BCUT2D eigenvalue weighted by molar-refractivity contribution is -0.126. The highest BCUT2D eigenvalue weighted by molar-refractivity contribution is 7.88. The Balaban J connectivity index is 1.83. The molecule has 3 rings (SSSR count). The number of hydrogen-bond acceptors (Lipinski definition) is 6. The molecular weight excluding hydrogens is 399 g/mol. The largest absolute Gasteiger partial charge is 0.381 e. The fourth-order valence-corrected chi connectivity index (χ4v) is 4.37. The van der Waals surface area contributed by atoms with Crippen LogP contribution in [0.5, 0.6) is 0 Å². The van der Waals surface area contributed by atoms with Crippen LogP contribution in [0.2, 0.25) is 0 Å². The molecule has 0 unspecified atom stereocenters. The maximum Gasteiger partial charge on any atom is 0.211 e. The van der Waals surface area contributed by atoms with Crippen LogP contribution in [0.15, 0.2) is 24.5 Å². The zero-order valence-electron chi connectivity index (χ0n) is 16.7. The number of sulfonamides is 1. The molecule has 1 N–H and O–H groups in total. The van der Waals surface area contributed by atoms with Gasteiger partial charge in [0.15, 0.2) is 0 Å². The summed E-state index contributed by atoms with van der Waals surface area (Å²) in [5.41, 5.74) is 0.359. The zero-order chi connectivity index (χ0) is 20.9. The molecule has 10 heteroatoms. The van der Waals surface area contributed by atoms with Gasteiger partial charge in [0.05, 0.1) is 11.9 Å². The lowest BCUT2D eigenvalue weighted by atomic mass is 9.85. The summed E-state index contributed by atoms with van der Waals surface area (Å²) in [6.45, 7) is 3.49. The summed E-state index contributed by atoms with van der Waals surface area (Å²) in [6, 6.07) is 4.91. The number of ether oxygens (including phenoxy) is 2. The van der Waals surface area contributed by atoms with Crippen molar-refractivity contribution >= 4 is 10.0 Å². The van der Waals surface area contributed by atoms with Gasteiger partial charge in [0.2, 0.25) is 10.0 Å². The Morgan fingerprint density at radius 2 is 2.10 bits per heavy atom. The van der Waals surface area contributed by atoms with Crippen LogP contribution in [0.1, 0.15) is 43.1 Å². The maximum absolute atomic E-state index is 14.9. The van der Waals surface area contributed by atoms with Crippen molar-refractivity contribution < 1.29 is 22.3 Å². The molecule has 1 saturated heterocycles. The molecule has 0 aliphatic carbocycles. The van der Waals surface area contributed by atoms with Gasteiger partial charge in [-0.1, -0.05) is 19.1 Å². The highest BCUT2D eigenvalue weighted by Crippen LogP contribution is 2.37. The fourth-order valence-electron chi connectivity index (χ4n) is 3.48. The third kappa shape index (κ3) is 5.39. The van der Waals surface area contributed by atoms with Gasteiger partial charge >= 0.3 is 0 Å². The summed E-state index contributed by atoms with van der Waals surface area (Å²) < 4.78 is 51.8. The SMILES string of the molecule is CCCN(Cc1ccc(C2(OCc3ncn[nH]3)CCOCC2)cc1F)S(C)(=O)=O. The Hall–Kier alpha value is -1.88. The summed E-state index contributed by atoms with van der Waals surface area (Å²) in [7, 11) is -3.41. The average molecular weight is 427 g/mol. The van der Waals surface area contributed by atoms with E-state index in [4.69, 9.17) is 9.47 Å². The molecule has 1 aromatic carbocycles. The number of nitrogens with one attached hydrogen (secondary N) is 1. The van der Waals surface area contributed by atoms with Crippen LogP contribution >= 0.6 is 0 Å². The fraction of sp³-hybridized carbons (Fsp3) is 0.579. The minimum atomic E-state index is -3.41. The lowest BCUT2D eigenvalue weighted by Crippen LogP contribution is -2.37. The number of H-pyrrole nitrogens is 1. The Morgan fingerprint density at radius 1 is 1.34 bits per heavy atom. The van der Waals surface area contributed by atoms with Crippen molar-refractivity contribution in [2.75, 3.05) is 26.0 Å². The second-order valence-electron chi connectivity index (χ2n) is 7.23. The first-order valence-corrected chi connectivity index (χ1v) is 11.5. The number of aromatic amines is 1. The molecule has 29 heavy (non-hydrogen) atoms. The van der Waals surface area contributed by atoms with Gasteiger partial charge in [-0.3, -0.25) is 5.10 Å². The number of halogens is 1. The van der Waals surface area contributed by atoms with Gasteiger partial charge in [-0.05, 0) is 18.1 Å². The van der Waals surface area contributed by atoms with E-state index >= 15 is 0 Å². The molecule has 2 heterocycles. The van der Waals surface area contributed by atoms with Crippen LogP contribution in [-0.2, 0) is 38.2 Å². The first-order chi connectivity index (χ1) is 13.8. The minimum Gasteiger partial charge on any atom is -0.381 e. The molecule has 2 aromatic rings. The summed E-state index contributed by atoms with van der Waals surface area (Å²) >= 11 is 0. The average Bonchev–Trinajstić information content (AvgIpc) is 3.21. The second-order valence-corrected chi connectivity index (χ2v) is 9.21. The van der Waals surface area contributed by atoms with Crippen molar-refractivity contribution in [3.63, 3.8) is 0 Å². The van der Waals surface area contributed by atoms with Crippen molar-refractivity contribution in [1.29, 1.82) is 0 Å². The summed E-state index contributed by atoms with van der Waals surface area (Å²) in [6.07, 6.45) is 4.39. The molecule has 8 nitrogen and oxygen atoms in total. The minimum absolute atomic E-state index is 0.00776. The van der Waals surface area contributed by atoms with Gasteiger partial charge in [0.25, 0.3) is 0 Å². The van der Waals surface area contributed by atoms with Crippen LogP contribution < -0.4 is 0 Å². The van der Waals surface area contributed by atoms with Gasteiger partial charge in [0.1, 0.15) is 24.6 Å². The number of aromatic nitrogens is 3. The number of rotatable bonds is 9. The quantitative estimate of drug-likeness (QED) is 0.661. The summed E-state index contributed by atoms with van der Waals surface area (Å²) in [5.74, 6) is 0.151. The number of benzene rings is 1. The predicted octanol–water partition coefficient (Wildman–Crippen LogP) is 2.34. The van der Waals surface area contributed by atoms with E-state index in [1.54, 1.807) is 6.07 Å². The molecule has 1 aliphatic rings. The Bertz CT molecular complexity index is 899. The van der Waals surface area contributed by atoms with E-state index in [1.165, 1.54) is 16.7 Å². The van der Waals surface area contributed by atoms with Crippen molar-refractivity contribution in [1.82, 2.24) is 19.5 Å². The molecule has 0 radical (unpaired) electrons. The van der Waals surface area contributed by atoms with E-state index in [0.29, 0.717) is 56.0 Å². The third-order valence-corrected chi connectivity index (χ3v) is 6.37. The molecule has 1 fully saturated rings. The molecule has 1 aromatic heterocycles. The van der Waals surface area contributed by atoms with Crippen LogP contribution in [-0.4, -0.2) is 53.9 Å². The van der Waals surface area contributed by atoms with Gasteiger partial charge in [-0.15, -0.1) is 0 Å². The van der Waals surface area contributed by atoms with Gasteiger partial charge in [-0.2, -0.15) is 9.40 Å². The number of nitrogens with zero attached hydrogens (tertiary/aromatic N) is 3. The molecule has 0 spiro atoms. The second kappa shape index (κ2) is 9.29. The molecule has 1 aliphatic heterocycles. The van der Waals surface area contributed by atoms with Crippen LogP contribution in [0.25, 0.3) is 0 Å². The van der Waals surface area contributed by atoms with Gasteiger partial charge < -0.3 is 9.47 Å². The van der Waals surface area contributed by atoms with Crippen molar-refractivity contribution in [3.05, 3.63) is 47.3 Å². The Kier molecular flexibility index (Phi) is 6.99. The third-order valence-electron chi connectivity index (χ3n) is 5.12. The standard InChI is InChI=1S/C19H27FN4O4S/c1-3-8-24(29(2,25)26)12-15-4-5-16(11-17(15)20)19(6-9-27-10-7-19)28-13-18-21-14-22-23-18/h4-5,11,14H,3,6-10,12-13H2,1-2H3,(H,21,22,23). The van der Waals surface area contributed by atoms with Crippen molar-refractivity contribution in [2.45, 2.75) is 44.9 Å². The zero-order valence-corrected chi connectivity index (χ0v) is 17.5. The molecular formula is C19H27FN4O4S. The molecule has 0 atom stereocenters. The van der Waals surface area contributed by atoms with E-state index in [0.717, 1.165) is 6.26 Å². The van der Waals surface area contributed by atoms with Gasteiger partial charge in [-0.25, -0.2) is 17.8 Å². The number of hydrogen-bond donors (Lipinski definition) is 1. The van der Waals surface area contributed by atoms with E-state index < -0.39 is 21.4 Å². The summed E-state index contributed by atoms with van der Waals surface area (Å²) in [5, 5.41) is 6.57. The van der Waals surface area contributed by atoms with Crippen molar-refractivity contribution in [3.8, 4) is 0 Å². The predicted molar refractivity (Wildman–Crippen MR) is 105 cm³/mol. The molecule has 0 bridgehead atoms. The molecule has 0 saturated carbocycles. The van der Waals surface area contributed by atoms with E-state index in [1.807, 2.05) is 13.0 Å². The highest BCUT2D eigenvalue weighted by Gasteiger charge is 2.36. The molecule has 0 amide bonds. The topological polar surface area (TPSA) is 97.4 Å². The molecule has 160 valence electrons. The van der Waals surface area contributed by atoms with E-state index in [9.17, 15) is 12.8 Å². The monoisotopic (exact) mass is 426 g/mol. The van der Waals surface area contributed by atoms with Crippen LogP contribution in [0, 0.1) is 5.82 Å². The van der Waals surface area contributed by atoms with E-state index in [2.05, 4.69) is 15.2 Å². The van der Waals surface area contributed by atoms with Crippen LogP contribution in [0.3, 0.4) is 0 Å². The van der Waals surface area contributed by atoms with Gasteiger partial charge in [0, 0.05) is 44.7 Å².